The van der Waals surface area contributed by atoms with Crippen LogP contribution >= 0.6 is 0 Å². The molecule has 0 radical (unpaired) electrons. The summed E-state index contributed by atoms with van der Waals surface area (Å²) in [4.78, 5) is 14.9. The molecule has 3 rings (SSSR count). The minimum Gasteiger partial charge on any atom is -0.465 e. The number of pyridine rings is 1. The van der Waals surface area contributed by atoms with Crippen molar-refractivity contribution >= 4 is 11.7 Å². The van der Waals surface area contributed by atoms with Crippen molar-refractivity contribution in [1.29, 1.82) is 0 Å². The lowest BCUT2D eigenvalue weighted by molar-refractivity contribution is 0.194. The van der Waals surface area contributed by atoms with E-state index in [9.17, 15) is 9.90 Å². The van der Waals surface area contributed by atoms with Gasteiger partial charge in [-0.3, -0.25) is 0 Å². The zero-order valence-corrected chi connectivity index (χ0v) is 11.7. The Morgan fingerprint density at radius 2 is 2.14 bits per heavy atom. The number of benzene rings is 1. The van der Waals surface area contributed by atoms with E-state index in [2.05, 4.69) is 10.3 Å². The van der Waals surface area contributed by atoms with Gasteiger partial charge >= 0.3 is 6.09 Å². The standard InChI is InChI=1S/C16H15N3O3/c20-10-12-7-14(15-17-4-5-19(15)9-12)13-3-1-2-11(6-13)8-18-16(21)22/h1-7,9,18,20H,8,10H2,(H,21,22). The summed E-state index contributed by atoms with van der Waals surface area (Å²) in [6, 6.07) is 9.49. The summed E-state index contributed by atoms with van der Waals surface area (Å²) in [5.74, 6) is 0. The van der Waals surface area contributed by atoms with Crippen LogP contribution in [0.1, 0.15) is 11.1 Å². The molecule has 1 amide bonds. The zero-order valence-electron chi connectivity index (χ0n) is 11.7. The number of nitrogens with zero attached hydrogens (tertiary/aromatic N) is 2. The third kappa shape index (κ3) is 2.77. The molecule has 0 aliphatic heterocycles. The van der Waals surface area contributed by atoms with Crippen molar-refractivity contribution in [2.24, 2.45) is 0 Å². The molecule has 0 saturated carbocycles. The third-order valence-corrected chi connectivity index (χ3v) is 3.41. The second kappa shape index (κ2) is 5.87. The third-order valence-electron chi connectivity index (χ3n) is 3.41. The molecule has 22 heavy (non-hydrogen) atoms. The van der Waals surface area contributed by atoms with Gasteiger partial charge in [-0.2, -0.15) is 0 Å². The molecule has 6 heteroatoms. The Morgan fingerprint density at radius 1 is 1.27 bits per heavy atom. The van der Waals surface area contributed by atoms with Crippen LogP contribution < -0.4 is 5.32 Å². The van der Waals surface area contributed by atoms with Crippen LogP contribution in [0.5, 0.6) is 0 Å². The number of rotatable bonds is 4. The summed E-state index contributed by atoms with van der Waals surface area (Å²) in [7, 11) is 0. The number of hydrogen-bond acceptors (Lipinski definition) is 3. The highest BCUT2D eigenvalue weighted by atomic mass is 16.4. The topological polar surface area (TPSA) is 86.9 Å². The van der Waals surface area contributed by atoms with Gasteiger partial charge < -0.3 is 19.9 Å². The quantitative estimate of drug-likeness (QED) is 0.689. The van der Waals surface area contributed by atoms with Gasteiger partial charge in [0.15, 0.2) is 0 Å². The maximum Gasteiger partial charge on any atom is 0.404 e. The minimum absolute atomic E-state index is 0.0542. The van der Waals surface area contributed by atoms with Crippen LogP contribution in [0.4, 0.5) is 4.79 Å². The van der Waals surface area contributed by atoms with E-state index in [1.54, 1.807) is 6.20 Å². The fourth-order valence-electron chi connectivity index (χ4n) is 2.42. The number of amides is 1. The SMILES string of the molecule is O=C(O)NCc1cccc(-c2cc(CO)cn3ccnc23)c1. The number of hydrogen-bond donors (Lipinski definition) is 3. The largest absolute Gasteiger partial charge is 0.465 e. The number of carboxylic acid groups (broad SMARTS) is 1. The summed E-state index contributed by atoms with van der Waals surface area (Å²) >= 11 is 0. The van der Waals surface area contributed by atoms with Gasteiger partial charge in [-0.25, -0.2) is 9.78 Å². The number of fused-ring (bicyclic) bond motifs is 1. The van der Waals surface area contributed by atoms with Crippen LogP contribution in [0.2, 0.25) is 0 Å². The predicted molar refractivity (Wildman–Crippen MR) is 81.4 cm³/mol. The molecule has 0 saturated heterocycles. The highest BCUT2D eigenvalue weighted by Gasteiger charge is 2.08. The number of imidazole rings is 1. The second-order valence-corrected chi connectivity index (χ2v) is 4.94. The summed E-state index contributed by atoms with van der Waals surface area (Å²) in [5.41, 5.74) is 4.26. The molecule has 2 heterocycles. The molecule has 0 bridgehead atoms. The molecular weight excluding hydrogens is 282 g/mol. The number of aromatic nitrogens is 2. The van der Waals surface area contributed by atoms with Crippen molar-refractivity contribution in [1.82, 2.24) is 14.7 Å². The zero-order chi connectivity index (χ0) is 15.5. The Morgan fingerprint density at radius 3 is 2.91 bits per heavy atom. The number of aliphatic hydroxyl groups is 1. The second-order valence-electron chi connectivity index (χ2n) is 4.94. The average Bonchev–Trinajstić information content (AvgIpc) is 3.00. The van der Waals surface area contributed by atoms with Crippen molar-refractivity contribution in [3.63, 3.8) is 0 Å². The molecule has 0 aliphatic rings. The number of nitrogens with one attached hydrogen (secondary N) is 1. The fraction of sp³-hybridized carbons (Fsp3) is 0.125. The first-order chi connectivity index (χ1) is 10.7. The molecule has 2 aromatic heterocycles. The Kier molecular flexibility index (Phi) is 3.76. The monoisotopic (exact) mass is 297 g/mol. The molecular formula is C16H15N3O3. The average molecular weight is 297 g/mol. The molecule has 0 unspecified atom stereocenters. The summed E-state index contributed by atoms with van der Waals surface area (Å²) < 4.78 is 1.86. The van der Waals surface area contributed by atoms with Crippen LogP contribution in [0.3, 0.4) is 0 Å². The Labute approximate surface area is 126 Å². The van der Waals surface area contributed by atoms with E-state index in [0.717, 1.165) is 27.9 Å². The first kappa shape index (κ1) is 14.1. The van der Waals surface area contributed by atoms with E-state index in [4.69, 9.17) is 5.11 Å². The van der Waals surface area contributed by atoms with Crippen molar-refractivity contribution in [2.75, 3.05) is 0 Å². The molecule has 0 fully saturated rings. The predicted octanol–water partition coefficient (Wildman–Crippen LogP) is 2.26. The van der Waals surface area contributed by atoms with Gasteiger partial charge in [0.05, 0.1) is 6.61 Å². The molecule has 6 nitrogen and oxygen atoms in total. The number of aliphatic hydroxyl groups excluding tert-OH is 1. The lowest BCUT2D eigenvalue weighted by Crippen LogP contribution is -2.19. The van der Waals surface area contributed by atoms with E-state index in [0.29, 0.717) is 0 Å². The van der Waals surface area contributed by atoms with E-state index in [-0.39, 0.29) is 13.2 Å². The van der Waals surface area contributed by atoms with E-state index in [1.807, 2.05) is 47.1 Å². The first-order valence-electron chi connectivity index (χ1n) is 6.80. The first-order valence-corrected chi connectivity index (χ1v) is 6.80. The van der Waals surface area contributed by atoms with Crippen LogP contribution in [-0.2, 0) is 13.2 Å². The fourth-order valence-corrected chi connectivity index (χ4v) is 2.42. The van der Waals surface area contributed by atoms with Crippen molar-refractivity contribution in [3.05, 3.63) is 60.0 Å². The molecule has 0 spiro atoms. The lowest BCUT2D eigenvalue weighted by Gasteiger charge is -2.09. The molecule has 0 atom stereocenters. The maximum atomic E-state index is 10.6. The Hall–Kier alpha value is -2.86. The summed E-state index contributed by atoms with van der Waals surface area (Å²) in [5, 5.41) is 20.4. The highest BCUT2D eigenvalue weighted by Crippen LogP contribution is 2.26. The molecule has 3 N–H and O–H groups in total. The van der Waals surface area contributed by atoms with Gasteiger partial charge in [0.1, 0.15) is 5.65 Å². The van der Waals surface area contributed by atoms with Crippen molar-refractivity contribution in [2.45, 2.75) is 13.2 Å². The molecule has 1 aromatic carbocycles. The van der Waals surface area contributed by atoms with Gasteiger partial charge in [0.2, 0.25) is 0 Å². The van der Waals surface area contributed by atoms with Gasteiger partial charge in [-0.05, 0) is 28.8 Å². The van der Waals surface area contributed by atoms with E-state index < -0.39 is 6.09 Å². The van der Waals surface area contributed by atoms with Crippen LogP contribution in [-0.4, -0.2) is 25.7 Å². The van der Waals surface area contributed by atoms with Crippen LogP contribution in [0, 0.1) is 0 Å². The maximum absolute atomic E-state index is 10.6. The van der Waals surface area contributed by atoms with E-state index >= 15 is 0 Å². The Balaban J connectivity index is 2.05. The normalized spacial score (nSPS) is 10.8. The summed E-state index contributed by atoms with van der Waals surface area (Å²) in [6.07, 6.45) is 4.31. The minimum atomic E-state index is -1.05. The van der Waals surface area contributed by atoms with Crippen molar-refractivity contribution in [3.8, 4) is 11.1 Å². The van der Waals surface area contributed by atoms with Crippen LogP contribution in [0.25, 0.3) is 16.8 Å². The van der Waals surface area contributed by atoms with Crippen LogP contribution in [0.15, 0.2) is 48.9 Å². The molecule has 112 valence electrons. The smallest absolute Gasteiger partial charge is 0.404 e. The van der Waals surface area contributed by atoms with Gasteiger partial charge in [-0.15, -0.1) is 0 Å². The summed E-state index contributed by atoms with van der Waals surface area (Å²) in [6.45, 7) is 0.189. The lowest BCUT2D eigenvalue weighted by atomic mass is 10.0. The van der Waals surface area contributed by atoms with Crippen molar-refractivity contribution < 1.29 is 15.0 Å². The molecule has 3 aromatic rings. The van der Waals surface area contributed by atoms with Gasteiger partial charge in [0, 0.05) is 30.7 Å². The van der Waals surface area contributed by atoms with Gasteiger partial charge in [-0.1, -0.05) is 18.2 Å². The van der Waals surface area contributed by atoms with Gasteiger partial charge in [0.25, 0.3) is 0 Å². The molecule has 0 aliphatic carbocycles. The van der Waals surface area contributed by atoms with E-state index in [1.165, 1.54) is 0 Å². The highest BCUT2D eigenvalue weighted by molar-refractivity contribution is 5.78. The Bertz CT molecular complexity index is 826. The number of carbonyl (C=O) groups is 1.